The van der Waals surface area contributed by atoms with E-state index in [2.05, 4.69) is 9.88 Å². The van der Waals surface area contributed by atoms with Crippen molar-refractivity contribution in [3.63, 3.8) is 0 Å². The minimum atomic E-state index is -0.476. The number of rotatable bonds is 2. The summed E-state index contributed by atoms with van der Waals surface area (Å²) in [7, 11) is 0. The molecule has 0 aliphatic carbocycles. The number of aliphatic hydroxyl groups excluding tert-OH is 2. The molecule has 4 heteroatoms. The van der Waals surface area contributed by atoms with Gasteiger partial charge in [-0.05, 0) is 25.0 Å². The molecule has 4 nitrogen and oxygen atoms in total. The second-order valence-corrected chi connectivity index (χ2v) is 4.01. The van der Waals surface area contributed by atoms with Crippen LogP contribution in [0.1, 0.15) is 25.0 Å². The fourth-order valence-corrected chi connectivity index (χ4v) is 1.78. The topological polar surface area (TPSA) is 56.6 Å². The average Bonchev–Trinajstić information content (AvgIpc) is 2.65. The summed E-state index contributed by atoms with van der Waals surface area (Å²) in [6.45, 7) is 3.22. The van der Waals surface area contributed by atoms with Crippen LogP contribution < -0.4 is 4.90 Å². The zero-order valence-electron chi connectivity index (χ0n) is 8.80. The molecule has 82 valence electrons. The maximum Gasteiger partial charge on any atom is 0.128 e. The summed E-state index contributed by atoms with van der Waals surface area (Å²) >= 11 is 0. The van der Waals surface area contributed by atoms with Gasteiger partial charge in [-0.1, -0.05) is 6.07 Å². The van der Waals surface area contributed by atoms with E-state index in [4.69, 9.17) is 0 Å². The van der Waals surface area contributed by atoms with Crippen molar-refractivity contribution in [1.29, 1.82) is 0 Å². The Bertz CT molecular complexity index is 324. The van der Waals surface area contributed by atoms with Crippen LogP contribution in [-0.4, -0.2) is 34.4 Å². The molecule has 0 saturated carbocycles. The van der Waals surface area contributed by atoms with Crippen LogP contribution in [0.4, 0.5) is 5.82 Å². The van der Waals surface area contributed by atoms with Gasteiger partial charge in [0.2, 0.25) is 0 Å². The van der Waals surface area contributed by atoms with E-state index < -0.39 is 6.10 Å². The first-order chi connectivity index (χ1) is 7.16. The lowest BCUT2D eigenvalue weighted by Crippen LogP contribution is -2.22. The number of anilines is 1. The van der Waals surface area contributed by atoms with E-state index in [1.165, 1.54) is 0 Å². The normalized spacial score (nSPS) is 23.1. The van der Waals surface area contributed by atoms with E-state index in [9.17, 15) is 10.2 Å². The standard InChI is InChI=1S/C11H16N2O2/c1-8(14)9-2-3-11(12-6-9)13-5-4-10(15)7-13/h2-3,6,8,10,14-15H,4-5,7H2,1H3/t8-,10?/m1/s1. The van der Waals surface area contributed by atoms with E-state index >= 15 is 0 Å². The SMILES string of the molecule is C[C@@H](O)c1ccc(N2CCC(O)C2)nc1. The Hall–Kier alpha value is -1.13. The van der Waals surface area contributed by atoms with Crippen LogP contribution in [-0.2, 0) is 0 Å². The lowest BCUT2D eigenvalue weighted by Gasteiger charge is -2.16. The molecular weight excluding hydrogens is 192 g/mol. The predicted octanol–water partition coefficient (Wildman–Crippen LogP) is 0.706. The lowest BCUT2D eigenvalue weighted by molar-refractivity contribution is 0.197. The number of nitrogens with zero attached hydrogens (tertiary/aromatic N) is 2. The van der Waals surface area contributed by atoms with Gasteiger partial charge in [-0.3, -0.25) is 0 Å². The molecule has 1 aliphatic heterocycles. The summed E-state index contributed by atoms with van der Waals surface area (Å²) in [6, 6.07) is 3.76. The minimum Gasteiger partial charge on any atom is -0.391 e. The highest BCUT2D eigenvalue weighted by atomic mass is 16.3. The van der Waals surface area contributed by atoms with Crippen LogP contribution in [0.3, 0.4) is 0 Å². The Morgan fingerprint density at radius 3 is 2.80 bits per heavy atom. The molecule has 2 rings (SSSR count). The Morgan fingerprint density at radius 1 is 1.53 bits per heavy atom. The van der Waals surface area contributed by atoms with Crippen LogP contribution in [0.15, 0.2) is 18.3 Å². The fraction of sp³-hybridized carbons (Fsp3) is 0.545. The number of hydrogen-bond donors (Lipinski definition) is 2. The van der Waals surface area contributed by atoms with Crippen molar-refractivity contribution in [2.75, 3.05) is 18.0 Å². The molecule has 0 bridgehead atoms. The van der Waals surface area contributed by atoms with Gasteiger partial charge in [0, 0.05) is 19.3 Å². The molecule has 2 heterocycles. The first kappa shape index (κ1) is 10.4. The van der Waals surface area contributed by atoms with Gasteiger partial charge in [-0.2, -0.15) is 0 Å². The van der Waals surface area contributed by atoms with Crippen LogP contribution in [0.2, 0.25) is 0 Å². The lowest BCUT2D eigenvalue weighted by atomic mass is 10.2. The smallest absolute Gasteiger partial charge is 0.128 e. The molecule has 0 spiro atoms. The monoisotopic (exact) mass is 208 g/mol. The summed E-state index contributed by atoms with van der Waals surface area (Å²) in [5.74, 6) is 0.871. The molecule has 1 aliphatic rings. The summed E-state index contributed by atoms with van der Waals surface area (Å²) in [5.41, 5.74) is 0.818. The molecule has 2 atom stereocenters. The molecular formula is C11H16N2O2. The van der Waals surface area contributed by atoms with E-state index in [0.717, 1.165) is 24.3 Å². The van der Waals surface area contributed by atoms with Crippen molar-refractivity contribution in [2.24, 2.45) is 0 Å². The van der Waals surface area contributed by atoms with E-state index in [1.807, 2.05) is 12.1 Å². The third-order valence-electron chi connectivity index (χ3n) is 2.74. The molecule has 1 unspecified atom stereocenters. The van der Waals surface area contributed by atoms with Crippen LogP contribution in [0.5, 0.6) is 0 Å². The second-order valence-electron chi connectivity index (χ2n) is 4.01. The third-order valence-corrected chi connectivity index (χ3v) is 2.74. The number of hydrogen-bond acceptors (Lipinski definition) is 4. The summed E-state index contributed by atoms with van der Waals surface area (Å²) in [5, 5.41) is 18.7. The molecule has 0 radical (unpaired) electrons. The molecule has 1 fully saturated rings. The number of aromatic nitrogens is 1. The maximum atomic E-state index is 9.39. The van der Waals surface area contributed by atoms with Crippen LogP contribution in [0, 0.1) is 0 Å². The molecule has 0 amide bonds. The summed E-state index contributed by atoms with van der Waals surface area (Å²) in [6.07, 6.45) is 1.78. The zero-order chi connectivity index (χ0) is 10.8. The number of aliphatic hydroxyl groups is 2. The average molecular weight is 208 g/mol. The van der Waals surface area contributed by atoms with E-state index in [1.54, 1.807) is 13.1 Å². The molecule has 2 N–H and O–H groups in total. The van der Waals surface area contributed by atoms with Gasteiger partial charge >= 0.3 is 0 Å². The molecule has 15 heavy (non-hydrogen) atoms. The Morgan fingerprint density at radius 2 is 2.33 bits per heavy atom. The first-order valence-electron chi connectivity index (χ1n) is 5.24. The largest absolute Gasteiger partial charge is 0.391 e. The molecule has 1 aromatic heterocycles. The number of pyridine rings is 1. The van der Waals surface area contributed by atoms with Crippen LogP contribution >= 0.6 is 0 Å². The van der Waals surface area contributed by atoms with Gasteiger partial charge in [0.25, 0.3) is 0 Å². The van der Waals surface area contributed by atoms with Gasteiger partial charge in [0.15, 0.2) is 0 Å². The minimum absolute atomic E-state index is 0.233. The zero-order valence-corrected chi connectivity index (χ0v) is 8.80. The van der Waals surface area contributed by atoms with Gasteiger partial charge in [0.1, 0.15) is 5.82 Å². The van der Waals surface area contributed by atoms with Gasteiger partial charge in [0.05, 0.1) is 12.2 Å². The van der Waals surface area contributed by atoms with E-state index in [0.29, 0.717) is 6.54 Å². The van der Waals surface area contributed by atoms with Crippen molar-refractivity contribution in [2.45, 2.75) is 25.6 Å². The highest BCUT2D eigenvalue weighted by Gasteiger charge is 2.21. The Labute approximate surface area is 89.2 Å². The Kier molecular flexibility index (Phi) is 2.88. The van der Waals surface area contributed by atoms with Gasteiger partial charge in [-0.15, -0.1) is 0 Å². The highest BCUT2D eigenvalue weighted by Crippen LogP contribution is 2.19. The molecule has 1 aromatic rings. The maximum absolute atomic E-state index is 9.39. The highest BCUT2D eigenvalue weighted by molar-refractivity contribution is 5.40. The molecule has 0 aromatic carbocycles. The van der Waals surface area contributed by atoms with Crippen molar-refractivity contribution in [3.8, 4) is 0 Å². The predicted molar refractivity (Wildman–Crippen MR) is 57.7 cm³/mol. The number of β-amino-alcohol motifs (C(OH)–C–C–N with tert-alkyl or cyclic N) is 1. The van der Waals surface area contributed by atoms with Crippen molar-refractivity contribution < 1.29 is 10.2 Å². The van der Waals surface area contributed by atoms with Gasteiger partial charge < -0.3 is 15.1 Å². The van der Waals surface area contributed by atoms with Crippen LogP contribution in [0.25, 0.3) is 0 Å². The van der Waals surface area contributed by atoms with Gasteiger partial charge in [-0.25, -0.2) is 4.98 Å². The third kappa shape index (κ3) is 2.27. The summed E-state index contributed by atoms with van der Waals surface area (Å²) < 4.78 is 0. The Balaban J connectivity index is 2.10. The van der Waals surface area contributed by atoms with Crippen molar-refractivity contribution in [3.05, 3.63) is 23.9 Å². The first-order valence-corrected chi connectivity index (χ1v) is 5.24. The van der Waals surface area contributed by atoms with E-state index in [-0.39, 0.29) is 6.10 Å². The van der Waals surface area contributed by atoms with Crippen molar-refractivity contribution >= 4 is 5.82 Å². The quantitative estimate of drug-likeness (QED) is 0.751. The second kappa shape index (κ2) is 4.16. The molecule has 1 saturated heterocycles. The van der Waals surface area contributed by atoms with Crippen molar-refractivity contribution in [1.82, 2.24) is 4.98 Å². The summed E-state index contributed by atoms with van der Waals surface area (Å²) in [4.78, 5) is 6.32. The fourth-order valence-electron chi connectivity index (χ4n) is 1.78.